The summed E-state index contributed by atoms with van der Waals surface area (Å²) in [7, 11) is 4.39. The number of benzene rings is 2. The summed E-state index contributed by atoms with van der Waals surface area (Å²) in [6, 6.07) is 10.4. The van der Waals surface area contributed by atoms with Gasteiger partial charge in [-0.15, -0.1) is 0 Å². The number of fused-ring (bicyclic) bond motifs is 1. The lowest BCUT2D eigenvalue weighted by molar-refractivity contribution is -0.141. The van der Waals surface area contributed by atoms with Crippen LogP contribution in [0.2, 0.25) is 0 Å². The first kappa shape index (κ1) is 23.3. The van der Waals surface area contributed by atoms with Gasteiger partial charge in [-0.25, -0.2) is 0 Å². The molecule has 1 amide bonds. The highest BCUT2D eigenvalue weighted by Crippen LogP contribution is 2.33. The minimum atomic E-state index is -0.457. The Morgan fingerprint density at radius 2 is 1.72 bits per heavy atom. The number of hydrogen-bond donors (Lipinski definition) is 0. The van der Waals surface area contributed by atoms with Crippen LogP contribution in [0, 0.1) is 0 Å². The van der Waals surface area contributed by atoms with Crippen LogP contribution in [0.1, 0.15) is 30.1 Å². The Balaban J connectivity index is 2.00. The number of carbonyl (C=O) groups is 2. The molecule has 0 aliphatic rings. The molecule has 170 valence electrons. The number of nitrogens with zero attached hydrogens (tertiary/aromatic N) is 2. The van der Waals surface area contributed by atoms with Crippen molar-refractivity contribution in [3.63, 3.8) is 0 Å². The molecule has 0 atom stereocenters. The fraction of sp³-hybridized carbons (Fsp3) is 0.348. The second kappa shape index (κ2) is 10.8. The molecule has 2 aromatic carbocycles. The van der Waals surface area contributed by atoms with Crippen molar-refractivity contribution in [2.75, 3.05) is 27.9 Å². The summed E-state index contributed by atoms with van der Waals surface area (Å²) < 4.78 is 23.6. The second-order valence-electron chi connectivity index (χ2n) is 6.87. The van der Waals surface area contributed by atoms with Crippen LogP contribution < -0.4 is 19.0 Å². The lowest BCUT2D eigenvalue weighted by Gasteiger charge is -2.09. The summed E-state index contributed by atoms with van der Waals surface area (Å²) >= 11 is 1.27. The molecular formula is C23H26N2O6S. The zero-order valence-electron chi connectivity index (χ0n) is 18.5. The number of ether oxygens (including phenoxy) is 4. The van der Waals surface area contributed by atoms with Crippen molar-refractivity contribution in [2.24, 2.45) is 4.99 Å². The number of unbranched alkanes of at least 4 members (excludes halogenated alkanes) is 1. The van der Waals surface area contributed by atoms with Gasteiger partial charge in [-0.05, 0) is 30.7 Å². The van der Waals surface area contributed by atoms with Gasteiger partial charge in [0.1, 0.15) is 12.3 Å². The third-order valence-corrected chi connectivity index (χ3v) is 5.81. The largest absolute Gasteiger partial charge is 0.494 e. The highest BCUT2D eigenvalue weighted by Gasteiger charge is 2.16. The number of methoxy groups -OCH3 is 3. The maximum absolute atomic E-state index is 12.8. The van der Waals surface area contributed by atoms with Crippen LogP contribution in [0.5, 0.6) is 17.2 Å². The van der Waals surface area contributed by atoms with Gasteiger partial charge >= 0.3 is 5.97 Å². The van der Waals surface area contributed by atoms with Crippen LogP contribution in [0.4, 0.5) is 0 Å². The molecule has 0 fully saturated rings. The van der Waals surface area contributed by atoms with E-state index in [1.165, 1.54) is 25.6 Å². The summed E-state index contributed by atoms with van der Waals surface area (Å²) in [6.45, 7) is 2.64. The number of thiazole rings is 1. The summed E-state index contributed by atoms with van der Waals surface area (Å²) in [6.07, 6.45) is 2.02. The molecular weight excluding hydrogens is 432 g/mol. The molecule has 0 radical (unpaired) electrons. The normalized spacial score (nSPS) is 11.4. The molecule has 0 aliphatic carbocycles. The zero-order valence-corrected chi connectivity index (χ0v) is 19.4. The average molecular weight is 459 g/mol. The van der Waals surface area contributed by atoms with E-state index in [0.29, 0.717) is 39.7 Å². The molecule has 9 heteroatoms. The quantitative estimate of drug-likeness (QED) is 0.358. The summed E-state index contributed by atoms with van der Waals surface area (Å²) in [4.78, 5) is 29.5. The molecule has 0 bridgehead atoms. The number of aromatic nitrogens is 1. The molecule has 0 saturated carbocycles. The van der Waals surface area contributed by atoms with Crippen molar-refractivity contribution in [1.29, 1.82) is 0 Å². The van der Waals surface area contributed by atoms with Crippen molar-refractivity contribution in [1.82, 2.24) is 4.57 Å². The van der Waals surface area contributed by atoms with E-state index in [1.807, 2.05) is 0 Å². The number of esters is 1. The molecule has 0 N–H and O–H groups in total. The molecule has 32 heavy (non-hydrogen) atoms. The van der Waals surface area contributed by atoms with Gasteiger partial charge in [-0.2, -0.15) is 4.99 Å². The average Bonchev–Trinajstić information content (AvgIpc) is 3.13. The van der Waals surface area contributed by atoms with E-state index in [9.17, 15) is 9.59 Å². The predicted molar refractivity (Wildman–Crippen MR) is 122 cm³/mol. The first-order valence-corrected chi connectivity index (χ1v) is 11.0. The standard InChI is InChI=1S/C23H26N2O6S/c1-5-6-11-31-16-9-7-15(8-10-16)22(27)24-23-25(14-21(26)30-4)17-12-18(28-2)19(29-3)13-20(17)32-23/h7-10,12-13H,5-6,11,14H2,1-4H3. The van der Waals surface area contributed by atoms with E-state index < -0.39 is 11.9 Å². The molecule has 1 heterocycles. The third-order valence-electron chi connectivity index (χ3n) is 4.77. The fourth-order valence-corrected chi connectivity index (χ4v) is 4.05. The van der Waals surface area contributed by atoms with Gasteiger partial charge in [0.25, 0.3) is 5.91 Å². The first-order valence-electron chi connectivity index (χ1n) is 10.1. The van der Waals surface area contributed by atoms with E-state index >= 15 is 0 Å². The second-order valence-corrected chi connectivity index (χ2v) is 7.87. The van der Waals surface area contributed by atoms with Gasteiger partial charge in [0.15, 0.2) is 16.3 Å². The molecule has 0 spiro atoms. The van der Waals surface area contributed by atoms with E-state index in [4.69, 9.17) is 18.9 Å². The summed E-state index contributed by atoms with van der Waals surface area (Å²) in [5, 5.41) is 0. The Hall–Kier alpha value is -3.33. The number of hydrogen-bond acceptors (Lipinski definition) is 7. The molecule has 3 rings (SSSR count). The van der Waals surface area contributed by atoms with Gasteiger partial charge < -0.3 is 23.5 Å². The molecule has 3 aromatic rings. The van der Waals surface area contributed by atoms with Crippen LogP contribution in [0.3, 0.4) is 0 Å². The minimum absolute atomic E-state index is 0.0949. The molecule has 1 aromatic heterocycles. The minimum Gasteiger partial charge on any atom is -0.494 e. The SMILES string of the molecule is CCCCOc1ccc(C(=O)N=c2sc3cc(OC)c(OC)cc3n2CC(=O)OC)cc1. The smallest absolute Gasteiger partial charge is 0.325 e. The van der Waals surface area contributed by atoms with Gasteiger partial charge in [-0.1, -0.05) is 24.7 Å². The number of carbonyl (C=O) groups excluding carboxylic acids is 2. The van der Waals surface area contributed by atoms with Crippen LogP contribution in [0.25, 0.3) is 10.2 Å². The molecule has 0 unspecified atom stereocenters. The van der Waals surface area contributed by atoms with Crippen LogP contribution in [0.15, 0.2) is 41.4 Å². The van der Waals surface area contributed by atoms with E-state index in [0.717, 1.165) is 17.5 Å². The van der Waals surface area contributed by atoms with Crippen molar-refractivity contribution < 1.29 is 28.5 Å². The zero-order chi connectivity index (χ0) is 23.1. The molecule has 0 saturated heterocycles. The Morgan fingerprint density at radius 1 is 1.03 bits per heavy atom. The lowest BCUT2D eigenvalue weighted by Crippen LogP contribution is -2.22. The number of amides is 1. The highest BCUT2D eigenvalue weighted by molar-refractivity contribution is 7.16. The van der Waals surface area contributed by atoms with E-state index in [1.54, 1.807) is 48.1 Å². The van der Waals surface area contributed by atoms with Crippen molar-refractivity contribution in [2.45, 2.75) is 26.3 Å². The van der Waals surface area contributed by atoms with Crippen molar-refractivity contribution in [3.05, 3.63) is 46.8 Å². The first-order chi connectivity index (χ1) is 15.5. The Kier molecular flexibility index (Phi) is 7.88. The monoisotopic (exact) mass is 458 g/mol. The lowest BCUT2D eigenvalue weighted by atomic mass is 10.2. The maximum atomic E-state index is 12.8. The molecule has 0 aliphatic heterocycles. The predicted octanol–water partition coefficient (Wildman–Crippen LogP) is 3.81. The highest BCUT2D eigenvalue weighted by atomic mass is 32.1. The van der Waals surface area contributed by atoms with Gasteiger partial charge in [-0.3, -0.25) is 9.59 Å². The van der Waals surface area contributed by atoms with Gasteiger partial charge in [0.05, 0.1) is 38.2 Å². The van der Waals surface area contributed by atoms with Crippen molar-refractivity contribution in [3.8, 4) is 17.2 Å². The third kappa shape index (κ3) is 5.28. The van der Waals surface area contributed by atoms with Crippen LogP contribution >= 0.6 is 11.3 Å². The Labute approximate surface area is 190 Å². The summed E-state index contributed by atoms with van der Waals surface area (Å²) in [5.41, 5.74) is 1.11. The number of rotatable bonds is 9. The Bertz CT molecular complexity index is 1160. The fourth-order valence-electron chi connectivity index (χ4n) is 3.01. The Morgan fingerprint density at radius 3 is 2.34 bits per heavy atom. The van der Waals surface area contributed by atoms with E-state index in [2.05, 4.69) is 11.9 Å². The van der Waals surface area contributed by atoms with E-state index in [-0.39, 0.29) is 6.54 Å². The van der Waals surface area contributed by atoms with Crippen LogP contribution in [-0.4, -0.2) is 44.4 Å². The maximum Gasteiger partial charge on any atom is 0.325 e. The molecule has 8 nitrogen and oxygen atoms in total. The topological polar surface area (TPSA) is 88.4 Å². The van der Waals surface area contributed by atoms with Gasteiger partial charge in [0, 0.05) is 17.7 Å². The summed E-state index contributed by atoms with van der Waals surface area (Å²) in [5.74, 6) is 0.879. The van der Waals surface area contributed by atoms with Crippen molar-refractivity contribution >= 4 is 33.4 Å². The van der Waals surface area contributed by atoms with Gasteiger partial charge in [0.2, 0.25) is 0 Å². The van der Waals surface area contributed by atoms with Crippen LogP contribution in [-0.2, 0) is 16.1 Å².